The maximum atomic E-state index is 11.3. The number of amides is 2. The molecule has 3 heteroatoms. The summed E-state index contributed by atoms with van der Waals surface area (Å²) in [6, 6.07) is -0.0996. The average Bonchev–Trinajstić information content (AvgIpc) is 2.20. The Morgan fingerprint density at radius 3 is 2.92 bits per heavy atom. The Balaban J connectivity index is 2.83. The molecule has 0 aromatic carbocycles. The zero-order chi connectivity index (χ0) is 9.84. The standard InChI is InChI=1S/C10H14N2O/c1-4-5-9-6-7-12(3)10(13)11-8(9)2/h4-5H,1-2,6-7H2,3H3,(H,11,13)/b9-5-. The van der Waals surface area contributed by atoms with Gasteiger partial charge in [0.1, 0.15) is 0 Å². The lowest BCUT2D eigenvalue weighted by atomic mass is 10.1. The van der Waals surface area contributed by atoms with Gasteiger partial charge in [0.2, 0.25) is 0 Å². The Morgan fingerprint density at radius 2 is 2.31 bits per heavy atom. The van der Waals surface area contributed by atoms with Crippen LogP contribution in [0.3, 0.4) is 0 Å². The molecular weight excluding hydrogens is 164 g/mol. The molecule has 3 nitrogen and oxygen atoms in total. The summed E-state index contributed by atoms with van der Waals surface area (Å²) in [6.07, 6.45) is 4.40. The maximum absolute atomic E-state index is 11.3. The molecule has 1 aliphatic rings. The number of carbonyl (C=O) groups excluding carboxylic acids is 1. The Labute approximate surface area is 78.4 Å². The van der Waals surface area contributed by atoms with Crippen LogP contribution in [0.4, 0.5) is 4.79 Å². The van der Waals surface area contributed by atoms with Crippen molar-refractivity contribution in [3.8, 4) is 0 Å². The summed E-state index contributed by atoms with van der Waals surface area (Å²) in [5.74, 6) is 0. The number of rotatable bonds is 1. The predicted molar refractivity (Wildman–Crippen MR) is 53.2 cm³/mol. The number of carbonyl (C=O) groups is 1. The van der Waals surface area contributed by atoms with Crippen LogP contribution in [0, 0.1) is 0 Å². The quantitative estimate of drug-likeness (QED) is 0.650. The molecule has 0 aromatic rings. The van der Waals surface area contributed by atoms with E-state index in [2.05, 4.69) is 18.5 Å². The summed E-state index contributed by atoms with van der Waals surface area (Å²) in [4.78, 5) is 12.9. The van der Waals surface area contributed by atoms with Crippen molar-refractivity contribution in [2.75, 3.05) is 13.6 Å². The molecular formula is C10H14N2O. The summed E-state index contributed by atoms with van der Waals surface area (Å²) in [7, 11) is 1.76. The third-order valence-electron chi connectivity index (χ3n) is 2.03. The van der Waals surface area contributed by atoms with Gasteiger partial charge in [-0.05, 0) is 12.0 Å². The van der Waals surface area contributed by atoms with E-state index in [9.17, 15) is 4.79 Å². The summed E-state index contributed by atoms with van der Waals surface area (Å²) in [5, 5.41) is 2.70. The molecule has 1 rings (SSSR count). The first kappa shape index (κ1) is 9.58. The van der Waals surface area contributed by atoms with Crippen LogP contribution in [-0.4, -0.2) is 24.5 Å². The van der Waals surface area contributed by atoms with Gasteiger partial charge in [0, 0.05) is 19.3 Å². The zero-order valence-corrected chi connectivity index (χ0v) is 7.84. The highest BCUT2D eigenvalue weighted by atomic mass is 16.2. The van der Waals surface area contributed by atoms with E-state index in [-0.39, 0.29) is 6.03 Å². The topological polar surface area (TPSA) is 32.3 Å². The van der Waals surface area contributed by atoms with Crippen LogP contribution >= 0.6 is 0 Å². The molecule has 0 atom stereocenters. The van der Waals surface area contributed by atoms with Crippen LogP contribution in [0.5, 0.6) is 0 Å². The van der Waals surface area contributed by atoms with Gasteiger partial charge in [0.25, 0.3) is 0 Å². The monoisotopic (exact) mass is 178 g/mol. The molecule has 1 fully saturated rings. The van der Waals surface area contributed by atoms with Gasteiger partial charge in [0.05, 0.1) is 0 Å². The van der Waals surface area contributed by atoms with Crippen molar-refractivity contribution in [1.29, 1.82) is 0 Å². The van der Waals surface area contributed by atoms with E-state index in [4.69, 9.17) is 0 Å². The second-order valence-corrected chi connectivity index (χ2v) is 3.01. The van der Waals surface area contributed by atoms with Gasteiger partial charge in [-0.25, -0.2) is 4.79 Å². The van der Waals surface area contributed by atoms with E-state index < -0.39 is 0 Å². The number of hydrogen-bond acceptors (Lipinski definition) is 1. The summed E-state index contributed by atoms with van der Waals surface area (Å²) >= 11 is 0. The highest BCUT2D eigenvalue weighted by molar-refractivity contribution is 5.77. The van der Waals surface area contributed by atoms with E-state index in [0.717, 1.165) is 12.0 Å². The first-order valence-corrected chi connectivity index (χ1v) is 4.18. The molecule has 1 heterocycles. The molecule has 0 saturated carbocycles. The molecule has 1 aliphatic heterocycles. The molecule has 70 valence electrons. The van der Waals surface area contributed by atoms with Gasteiger partial charge >= 0.3 is 6.03 Å². The molecule has 13 heavy (non-hydrogen) atoms. The van der Waals surface area contributed by atoms with Crippen LogP contribution < -0.4 is 5.32 Å². The van der Waals surface area contributed by atoms with E-state index in [0.29, 0.717) is 12.2 Å². The number of urea groups is 1. The lowest BCUT2D eigenvalue weighted by molar-refractivity contribution is 0.215. The molecule has 0 spiro atoms. The van der Waals surface area contributed by atoms with Crippen LogP contribution in [-0.2, 0) is 0 Å². The van der Waals surface area contributed by atoms with Crippen molar-refractivity contribution in [2.45, 2.75) is 6.42 Å². The van der Waals surface area contributed by atoms with Gasteiger partial charge in [-0.2, -0.15) is 0 Å². The summed E-state index contributed by atoms with van der Waals surface area (Å²) in [6.45, 7) is 8.11. The fraction of sp³-hybridized carbons (Fsp3) is 0.300. The lowest BCUT2D eigenvalue weighted by Crippen LogP contribution is -2.34. The van der Waals surface area contributed by atoms with Gasteiger partial charge in [-0.3, -0.25) is 0 Å². The van der Waals surface area contributed by atoms with Crippen LogP contribution in [0.25, 0.3) is 0 Å². The van der Waals surface area contributed by atoms with Crippen LogP contribution in [0.1, 0.15) is 6.42 Å². The second kappa shape index (κ2) is 3.94. The van der Waals surface area contributed by atoms with Crippen LogP contribution in [0.2, 0.25) is 0 Å². The van der Waals surface area contributed by atoms with Crippen molar-refractivity contribution in [3.63, 3.8) is 0 Å². The Hall–Kier alpha value is -1.51. The fourth-order valence-electron chi connectivity index (χ4n) is 1.17. The van der Waals surface area contributed by atoms with Crippen molar-refractivity contribution in [1.82, 2.24) is 10.2 Å². The first-order chi connectivity index (χ1) is 6.15. The molecule has 2 amide bonds. The van der Waals surface area contributed by atoms with Gasteiger partial charge in [0.15, 0.2) is 0 Å². The van der Waals surface area contributed by atoms with E-state index >= 15 is 0 Å². The minimum atomic E-state index is -0.0996. The third-order valence-corrected chi connectivity index (χ3v) is 2.03. The summed E-state index contributed by atoms with van der Waals surface area (Å²) < 4.78 is 0. The smallest absolute Gasteiger partial charge is 0.321 e. The average molecular weight is 178 g/mol. The lowest BCUT2D eigenvalue weighted by Gasteiger charge is -2.12. The number of nitrogens with zero attached hydrogens (tertiary/aromatic N) is 1. The molecule has 0 bridgehead atoms. The molecule has 1 saturated heterocycles. The van der Waals surface area contributed by atoms with E-state index in [1.165, 1.54) is 0 Å². The normalized spacial score (nSPS) is 21.3. The molecule has 0 aliphatic carbocycles. The SMILES string of the molecule is C=C/C=C1/CCN(C)C(=O)NC1=C. The van der Waals surface area contributed by atoms with Gasteiger partial charge in [-0.1, -0.05) is 25.3 Å². The van der Waals surface area contributed by atoms with Gasteiger partial charge < -0.3 is 10.2 Å². The van der Waals surface area contributed by atoms with Crippen molar-refractivity contribution in [2.24, 2.45) is 0 Å². The highest BCUT2D eigenvalue weighted by Gasteiger charge is 2.16. The van der Waals surface area contributed by atoms with E-state index in [1.54, 1.807) is 18.0 Å². The van der Waals surface area contributed by atoms with Gasteiger partial charge in [-0.15, -0.1) is 0 Å². The van der Waals surface area contributed by atoms with Crippen molar-refractivity contribution < 1.29 is 4.79 Å². The second-order valence-electron chi connectivity index (χ2n) is 3.01. The minimum Gasteiger partial charge on any atom is -0.327 e. The first-order valence-electron chi connectivity index (χ1n) is 4.18. The number of nitrogens with one attached hydrogen (secondary N) is 1. The summed E-state index contributed by atoms with van der Waals surface area (Å²) in [5.41, 5.74) is 1.71. The molecule has 0 unspecified atom stereocenters. The minimum absolute atomic E-state index is 0.0996. The Kier molecular flexibility index (Phi) is 2.90. The van der Waals surface area contributed by atoms with E-state index in [1.807, 2.05) is 6.08 Å². The van der Waals surface area contributed by atoms with Crippen molar-refractivity contribution in [3.05, 3.63) is 36.6 Å². The molecule has 0 aromatic heterocycles. The number of allylic oxidation sites excluding steroid dienone is 3. The number of hydrogen-bond donors (Lipinski definition) is 1. The molecule has 0 radical (unpaired) electrons. The molecule has 1 N–H and O–H groups in total. The Bertz CT molecular complexity index is 279. The van der Waals surface area contributed by atoms with Crippen molar-refractivity contribution >= 4 is 6.03 Å². The largest absolute Gasteiger partial charge is 0.327 e. The zero-order valence-electron chi connectivity index (χ0n) is 7.84. The van der Waals surface area contributed by atoms with Crippen LogP contribution in [0.15, 0.2) is 36.6 Å². The predicted octanol–water partition coefficient (Wildman–Crippen LogP) is 1.66. The third kappa shape index (κ3) is 2.21. The highest BCUT2D eigenvalue weighted by Crippen LogP contribution is 2.14. The Morgan fingerprint density at radius 1 is 1.62 bits per heavy atom. The fourth-order valence-corrected chi connectivity index (χ4v) is 1.17. The maximum Gasteiger partial charge on any atom is 0.321 e.